The van der Waals surface area contributed by atoms with Gasteiger partial charge in [-0.2, -0.15) is 22.6 Å². The van der Waals surface area contributed by atoms with Crippen LogP contribution >= 0.6 is 11.3 Å². The van der Waals surface area contributed by atoms with Crippen molar-refractivity contribution in [3.63, 3.8) is 0 Å². The average Bonchev–Trinajstić information content (AvgIpc) is 2.85. The second-order valence-corrected chi connectivity index (χ2v) is 5.02. The first-order valence-electron chi connectivity index (χ1n) is 5.26. The van der Waals surface area contributed by atoms with E-state index in [1.165, 1.54) is 11.6 Å². The molecule has 0 aliphatic carbocycles. The number of halogens is 3. The van der Waals surface area contributed by atoms with Crippen LogP contribution in [0.5, 0.6) is 0 Å². The second kappa shape index (κ2) is 4.58. The third kappa shape index (κ3) is 2.26. The predicted molar refractivity (Wildman–Crippen MR) is 65.4 cm³/mol. The summed E-state index contributed by atoms with van der Waals surface area (Å²) >= 11 is 0.960. The molecule has 0 saturated carbocycles. The van der Waals surface area contributed by atoms with Gasteiger partial charge in [0, 0.05) is 5.38 Å². The van der Waals surface area contributed by atoms with E-state index in [1.807, 2.05) is 0 Å². The van der Waals surface area contributed by atoms with Gasteiger partial charge in [0.2, 0.25) is 11.4 Å². The zero-order valence-corrected chi connectivity index (χ0v) is 11.0. The van der Waals surface area contributed by atoms with Crippen LogP contribution in [0.2, 0.25) is 0 Å². The van der Waals surface area contributed by atoms with Crippen LogP contribution in [0.1, 0.15) is 6.92 Å². The Morgan fingerprint density at radius 3 is 2.67 bits per heavy atom. The minimum Gasteiger partial charge on any atom is -0.479 e. The number of nitrogens with one attached hydrogen (secondary N) is 1. The third-order valence-electron chi connectivity index (χ3n) is 2.77. The van der Waals surface area contributed by atoms with Crippen LogP contribution in [0.4, 0.5) is 24.8 Å². The van der Waals surface area contributed by atoms with Crippen LogP contribution in [-0.2, 0) is 4.79 Å². The number of hydrogen-bond donors (Lipinski definition) is 2. The molecule has 12 heteroatoms. The maximum absolute atomic E-state index is 12.9. The maximum Gasteiger partial charge on any atom is 0.422 e. The van der Waals surface area contributed by atoms with Crippen molar-refractivity contribution >= 4 is 33.9 Å². The molecule has 0 aromatic carbocycles. The average molecular weight is 324 g/mol. The number of alkyl halides is 3. The first-order valence-corrected chi connectivity index (χ1v) is 6.14. The summed E-state index contributed by atoms with van der Waals surface area (Å²) in [5.41, 5.74) is -3.40. The summed E-state index contributed by atoms with van der Waals surface area (Å²) in [5, 5.41) is 22.9. The van der Waals surface area contributed by atoms with Crippen molar-refractivity contribution in [3.05, 3.63) is 21.7 Å². The van der Waals surface area contributed by atoms with E-state index < -0.39 is 34.2 Å². The van der Waals surface area contributed by atoms with Crippen LogP contribution in [0.3, 0.4) is 0 Å². The molecule has 0 fully saturated rings. The molecular weight excluding hydrogens is 317 g/mol. The lowest BCUT2D eigenvalue weighted by molar-refractivity contribution is -0.389. The molecule has 0 bridgehead atoms. The molecule has 0 spiro atoms. The number of nitro groups is 1. The molecule has 2 aromatic rings. The van der Waals surface area contributed by atoms with Gasteiger partial charge < -0.3 is 20.5 Å². The number of hydrogen-bond acceptors (Lipinski definition) is 6. The molecule has 1 atom stereocenters. The van der Waals surface area contributed by atoms with E-state index in [2.05, 4.69) is 4.98 Å². The summed E-state index contributed by atoms with van der Waals surface area (Å²) in [6.07, 6.45) is -3.92. The van der Waals surface area contributed by atoms with Gasteiger partial charge in [0.25, 0.3) is 4.96 Å². The molecule has 2 rings (SSSR count). The van der Waals surface area contributed by atoms with Crippen molar-refractivity contribution in [2.75, 3.05) is 5.32 Å². The fourth-order valence-electron chi connectivity index (χ4n) is 1.51. The fraction of sp³-hybridized carbons (Fsp3) is 0.333. The standard InChI is InChI=1S/C9H7F3N4O4S/c1-8(6(17)18,9(10,11)12)14-4-5(16(19)20)15-2-3-21-7(15)13-4/h2-3,14H,1H3,(H,17,18). The monoisotopic (exact) mass is 324 g/mol. The molecule has 0 saturated heterocycles. The molecule has 2 N–H and O–H groups in total. The van der Waals surface area contributed by atoms with Gasteiger partial charge in [-0.25, -0.2) is 4.79 Å². The topological polar surface area (TPSA) is 110 Å². The number of aromatic nitrogens is 2. The minimum absolute atomic E-state index is 0.0686. The third-order valence-corrected chi connectivity index (χ3v) is 3.53. The normalized spacial score (nSPS) is 14.9. The Hall–Kier alpha value is -2.37. The van der Waals surface area contributed by atoms with Crippen LogP contribution in [0.15, 0.2) is 11.6 Å². The van der Waals surface area contributed by atoms with Crippen molar-refractivity contribution in [1.82, 2.24) is 9.38 Å². The first kappa shape index (κ1) is 15.0. The number of carboxylic acid groups (broad SMARTS) is 1. The highest BCUT2D eigenvalue weighted by molar-refractivity contribution is 7.15. The highest BCUT2D eigenvalue weighted by atomic mass is 32.1. The van der Waals surface area contributed by atoms with Gasteiger partial charge in [-0.1, -0.05) is 11.3 Å². The van der Waals surface area contributed by atoms with Crippen LogP contribution in [-0.4, -0.2) is 37.1 Å². The number of rotatable bonds is 4. The number of fused-ring (bicyclic) bond motifs is 1. The summed E-state index contributed by atoms with van der Waals surface area (Å²) in [6, 6.07) is 0. The van der Waals surface area contributed by atoms with Crippen molar-refractivity contribution in [2.24, 2.45) is 0 Å². The predicted octanol–water partition coefficient (Wildman–Crippen LogP) is 2.12. The lowest BCUT2D eigenvalue weighted by atomic mass is 10.0. The molecule has 2 heterocycles. The lowest BCUT2D eigenvalue weighted by Crippen LogP contribution is -2.55. The molecule has 0 aliphatic heterocycles. The number of carbonyl (C=O) groups is 1. The number of imidazole rings is 1. The number of aliphatic carboxylic acids is 1. The molecule has 1 unspecified atom stereocenters. The highest BCUT2D eigenvalue weighted by Gasteiger charge is 2.58. The van der Waals surface area contributed by atoms with E-state index in [-0.39, 0.29) is 4.96 Å². The summed E-state index contributed by atoms with van der Waals surface area (Å²) in [7, 11) is 0. The number of thiazole rings is 1. The second-order valence-electron chi connectivity index (χ2n) is 4.15. The number of nitrogens with zero attached hydrogens (tertiary/aromatic N) is 3. The SMILES string of the molecule is CC(Nc1nc2sccn2c1[N+](=O)[O-])(C(=O)O)C(F)(F)F. The van der Waals surface area contributed by atoms with E-state index in [9.17, 15) is 28.1 Å². The van der Waals surface area contributed by atoms with E-state index in [0.29, 0.717) is 6.92 Å². The Balaban J connectivity index is 2.57. The zero-order valence-electron chi connectivity index (χ0n) is 10.2. The zero-order chi connectivity index (χ0) is 16.0. The van der Waals surface area contributed by atoms with Crippen LogP contribution < -0.4 is 5.32 Å². The van der Waals surface area contributed by atoms with E-state index >= 15 is 0 Å². The van der Waals surface area contributed by atoms with E-state index in [0.717, 1.165) is 15.7 Å². The molecule has 0 amide bonds. The van der Waals surface area contributed by atoms with Crippen molar-refractivity contribution in [1.29, 1.82) is 0 Å². The van der Waals surface area contributed by atoms with E-state index in [4.69, 9.17) is 5.11 Å². The molecule has 114 valence electrons. The Morgan fingerprint density at radius 1 is 1.57 bits per heavy atom. The molecular formula is C9H7F3N4O4S. The molecule has 0 radical (unpaired) electrons. The van der Waals surface area contributed by atoms with Crippen LogP contribution in [0, 0.1) is 10.1 Å². The summed E-state index contributed by atoms with van der Waals surface area (Å²) in [5.74, 6) is -3.74. The minimum atomic E-state index is -5.18. The van der Waals surface area contributed by atoms with Gasteiger partial charge in [0.15, 0.2) is 0 Å². The van der Waals surface area contributed by atoms with Crippen LogP contribution in [0.25, 0.3) is 4.96 Å². The molecule has 2 aromatic heterocycles. The van der Waals surface area contributed by atoms with Gasteiger partial charge >= 0.3 is 18.0 Å². The van der Waals surface area contributed by atoms with E-state index in [1.54, 1.807) is 5.32 Å². The highest BCUT2D eigenvalue weighted by Crippen LogP contribution is 2.37. The maximum atomic E-state index is 12.9. The summed E-state index contributed by atoms with van der Waals surface area (Å²) < 4.78 is 39.7. The smallest absolute Gasteiger partial charge is 0.422 e. The largest absolute Gasteiger partial charge is 0.479 e. The van der Waals surface area contributed by atoms with Gasteiger partial charge in [-0.15, -0.1) is 0 Å². The first-order chi connectivity index (χ1) is 9.58. The van der Waals surface area contributed by atoms with Gasteiger partial charge in [0.05, 0.1) is 0 Å². The van der Waals surface area contributed by atoms with Gasteiger partial charge in [-0.05, 0) is 11.8 Å². The Kier molecular flexibility index (Phi) is 3.28. The molecule has 0 aliphatic rings. The summed E-state index contributed by atoms with van der Waals surface area (Å²) in [4.78, 5) is 24.7. The lowest BCUT2D eigenvalue weighted by Gasteiger charge is -2.28. The number of carboxylic acids is 1. The Bertz CT molecular complexity index is 724. The van der Waals surface area contributed by atoms with Crippen molar-refractivity contribution < 1.29 is 28.0 Å². The summed E-state index contributed by atoms with van der Waals surface area (Å²) in [6.45, 7) is 0.368. The molecule has 8 nitrogen and oxygen atoms in total. The molecule has 21 heavy (non-hydrogen) atoms. The number of anilines is 1. The Morgan fingerprint density at radius 2 is 2.19 bits per heavy atom. The quantitative estimate of drug-likeness (QED) is 0.658. The van der Waals surface area contributed by atoms with Crippen molar-refractivity contribution in [2.45, 2.75) is 18.6 Å². The fourth-order valence-corrected chi connectivity index (χ4v) is 2.22. The van der Waals surface area contributed by atoms with Crippen molar-refractivity contribution in [3.8, 4) is 0 Å². The Labute approximate surface area is 118 Å². The van der Waals surface area contributed by atoms with Gasteiger partial charge in [0.1, 0.15) is 6.20 Å². The van der Waals surface area contributed by atoms with Gasteiger partial charge in [-0.3, -0.25) is 0 Å².